The molecule has 4 rings (SSSR count). The Morgan fingerprint density at radius 3 is 2.33 bits per heavy atom. The number of carbonyl (C=O) groups excluding carboxylic acids is 2. The summed E-state index contributed by atoms with van der Waals surface area (Å²) in [5, 5.41) is 2.93. The molecule has 2 aromatic rings. The second-order valence-corrected chi connectivity index (χ2v) is 8.98. The van der Waals surface area contributed by atoms with Crippen molar-refractivity contribution >= 4 is 11.8 Å². The van der Waals surface area contributed by atoms with Gasteiger partial charge in [-0.3, -0.25) is 9.59 Å². The van der Waals surface area contributed by atoms with Crippen LogP contribution in [0.3, 0.4) is 0 Å². The Labute approximate surface area is 190 Å². The van der Waals surface area contributed by atoms with Gasteiger partial charge in [-0.2, -0.15) is 13.2 Å². The summed E-state index contributed by atoms with van der Waals surface area (Å²) in [4.78, 5) is 26.9. The number of piperidine rings is 2. The molecule has 2 fully saturated rings. The minimum absolute atomic E-state index is 0.0244. The summed E-state index contributed by atoms with van der Waals surface area (Å²) in [6.45, 7) is 0.724. The summed E-state index contributed by atoms with van der Waals surface area (Å²) in [5.41, 5.74) is -2.66. The van der Waals surface area contributed by atoms with Crippen molar-refractivity contribution in [3.05, 3.63) is 59.9 Å². The Morgan fingerprint density at radius 2 is 1.79 bits per heavy atom. The Balaban J connectivity index is 1.62. The molecule has 33 heavy (non-hydrogen) atoms. The van der Waals surface area contributed by atoms with E-state index in [9.17, 15) is 22.8 Å². The van der Waals surface area contributed by atoms with Crippen LogP contribution in [-0.2, 0) is 27.0 Å². The quantitative estimate of drug-likeness (QED) is 0.757. The maximum atomic E-state index is 14.3. The van der Waals surface area contributed by atoms with Gasteiger partial charge in [-0.25, -0.2) is 0 Å². The molecule has 0 aliphatic carbocycles. The second kappa shape index (κ2) is 8.52. The molecule has 0 unspecified atom stereocenters. The number of ether oxygens (including phenoxy) is 1. The number of halogens is 3. The minimum atomic E-state index is -4.94. The summed E-state index contributed by atoms with van der Waals surface area (Å²) in [7, 11) is 2.86. The van der Waals surface area contributed by atoms with Crippen molar-refractivity contribution in [1.29, 1.82) is 0 Å². The Hall–Kier alpha value is -2.81. The van der Waals surface area contributed by atoms with Crippen LogP contribution in [0.1, 0.15) is 36.4 Å². The number of alkyl halides is 3. The van der Waals surface area contributed by atoms with Crippen molar-refractivity contribution in [3.63, 3.8) is 0 Å². The zero-order chi connectivity index (χ0) is 23.9. The molecular weight excluding hydrogens is 435 g/mol. The molecule has 2 atom stereocenters. The summed E-state index contributed by atoms with van der Waals surface area (Å²) < 4.78 is 50.0. The lowest BCUT2D eigenvalue weighted by Crippen LogP contribution is -2.60. The Kier molecular flexibility index (Phi) is 6.03. The van der Waals surface area contributed by atoms with E-state index in [0.29, 0.717) is 19.4 Å². The first-order valence-corrected chi connectivity index (χ1v) is 11.0. The van der Waals surface area contributed by atoms with Crippen molar-refractivity contribution in [3.8, 4) is 0 Å². The van der Waals surface area contributed by atoms with Gasteiger partial charge in [-0.1, -0.05) is 30.3 Å². The smallest absolute Gasteiger partial charge is 0.356 e. The first kappa shape index (κ1) is 23.4. The predicted octanol–water partition coefficient (Wildman–Crippen LogP) is 3.34. The fraction of sp³-hybridized carbons (Fsp3) is 0.500. The van der Waals surface area contributed by atoms with Crippen LogP contribution in [0, 0.1) is 5.41 Å². The first-order chi connectivity index (χ1) is 15.6. The van der Waals surface area contributed by atoms with Crippen LogP contribution in [-0.4, -0.2) is 54.2 Å². The zero-order valence-electron chi connectivity index (χ0n) is 18.7. The molecular formula is C24H28F3N3O3. The van der Waals surface area contributed by atoms with Crippen molar-refractivity contribution in [2.75, 3.05) is 26.7 Å². The predicted molar refractivity (Wildman–Crippen MR) is 115 cm³/mol. The van der Waals surface area contributed by atoms with Crippen LogP contribution in [0.15, 0.2) is 48.7 Å². The molecule has 9 heteroatoms. The van der Waals surface area contributed by atoms with Crippen molar-refractivity contribution in [1.82, 2.24) is 14.8 Å². The molecule has 0 bridgehead atoms. The van der Waals surface area contributed by atoms with Crippen LogP contribution >= 0.6 is 0 Å². The number of hydrogen-bond acceptors (Lipinski definition) is 3. The first-order valence-electron chi connectivity index (χ1n) is 11.0. The van der Waals surface area contributed by atoms with Crippen LogP contribution in [0.2, 0.25) is 0 Å². The molecule has 1 aromatic carbocycles. The monoisotopic (exact) mass is 463 g/mol. The second-order valence-electron chi connectivity index (χ2n) is 8.98. The largest absolute Gasteiger partial charge is 0.430 e. The number of carbonyl (C=O) groups is 2. The molecule has 2 aliphatic heterocycles. The molecule has 0 saturated carbocycles. The highest BCUT2D eigenvalue weighted by molar-refractivity contribution is 5.88. The third kappa shape index (κ3) is 3.82. The molecule has 3 heterocycles. The topological polar surface area (TPSA) is 63.6 Å². The standard InChI is InChI=1S/C24H28F3N3O3/c1-29-12-6-9-19(29)18-16-28-20(31)15-22(18)10-13-30(14-11-22)21(32)23(33-2,24(25,26)27)17-7-4-3-5-8-17/h3-9,12,18H,10-11,13-16H2,1-2H3,(H,28,31)/t18-,23+/m0/s1. The highest BCUT2D eigenvalue weighted by atomic mass is 19.4. The van der Waals surface area contributed by atoms with Gasteiger partial charge in [0.2, 0.25) is 5.91 Å². The van der Waals surface area contributed by atoms with Crippen LogP contribution < -0.4 is 5.32 Å². The van der Waals surface area contributed by atoms with Gasteiger partial charge in [0.1, 0.15) is 0 Å². The SMILES string of the molecule is CO[C@@](C(=O)N1CCC2(CC1)CC(=O)NC[C@H]2c1cccn1C)(c1ccccc1)C(F)(F)F. The van der Waals surface area contributed by atoms with Gasteiger partial charge in [-0.15, -0.1) is 0 Å². The number of amides is 2. The number of nitrogens with zero attached hydrogens (tertiary/aromatic N) is 2. The molecule has 6 nitrogen and oxygen atoms in total. The third-order valence-corrected chi connectivity index (χ3v) is 7.33. The van der Waals surface area contributed by atoms with E-state index in [1.165, 1.54) is 29.2 Å². The van der Waals surface area contributed by atoms with Gasteiger partial charge in [-0.05, 0) is 30.4 Å². The molecule has 1 N–H and O–H groups in total. The molecule has 2 amide bonds. The zero-order valence-corrected chi connectivity index (χ0v) is 18.7. The molecule has 2 saturated heterocycles. The van der Waals surface area contributed by atoms with E-state index in [-0.39, 0.29) is 36.9 Å². The lowest BCUT2D eigenvalue weighted by molar-refractivity contribution is -0.271. The lowest BCUT2D eigenvalue weighted by atomic mass is 9.63. The Morgan fingerprint density at radius 1 is 1.12 bits per heavy atom. The van der Waals surface area contributed by atoms with Gasteiger partial charge >= 0.3 is 6.18 Å². The average Bonchev–Trinajstić information content (AvgIpc) is 3.20. The van der Waals surface area contributed by atoms with E-state index in [1.54, 1.807) is 6.07 Å². The van der Waals surface area contributed by atoms with E-state index >= 15 is 0 Å². The lowest BCUT2D eigenvalue weighted by Gasteiger charge is -2.50. The van der Waals surface area contributed by atoms with E-state index in [4.69, 9.17) is 4.74 Å². The van der Waals surface area contributed by atoms with Crippen LogP contribution in [0.5, 0.6) is 0 Å². The number of aromatic nitrogens is 1. The highest BCUT2D eigenvalue weighted by Gasteiger charge is 2.64. The number of likely N-dealkylation sites (tertiary alicyclic amines) is 1. The maximum Gasteiger partial charge on any atom is 0.430 e. The summed E-state index contributed by atoms with van der Waals surface area (Å²) >= 11 is 0. The van der Waals surface area contributed by atoms with E-state index < -0.39 is 23.1 Å². The van der Waals surface area contributed by atoms with Gasteiger partial charge in [0, 0.05) is 63.6 Å². The normalized spacial score (nSPS) is 22.6. The number of hydrogen-bond donors (Lipinski definition) is 1. The molecule has 2 aliphatic rings. The molecule has 1 spiro atoms. The van der Waals surface area contributed by atoms with Gasteiger partial charge in [0.25, 0.3) is 11.5 Å². The van der Waals surface area contributed by atoms with Gasteiger partial charge in [0.05, 0.1) is 0 Å². The average molecular weight is 464 g/mol. The number of benzene rings is 1. The number of aryl methyl sites for hydroxylation is 1. The molecule has 1 aromatic heterocycles. The highest BCUT2D eigenvalue weighted by Crippen LogP contribution is 2.50. The van der Waals surface area contributed by atoms with Crippen molar-refractivity contribution in [2.45, 2.75) is 37.0 Å². The Bertz CT molecular complexity index is 1010. The van der Waals surface area contributed by atoms with Crippen LogP contribution in [0.4, 0.5) is 13.2 Å². The summed E-state index contributed by atoms with van der Waals surface area (Å²) in [6.07, 6.45) is -1.83. The number of methoxy groups -OCH3 is 1. The van der Waals surface area contributed by atoms with Crippen molar-refractivity contribution in [2.24, 2.45) is 12.5 Å². The number of nitrogens with one attached hydrogen (secondary N) is 1. The molecule has 178 valence electrons. The third-order valence-electron chi connectivity index (χ3n) is 7.33. The fourth-order valence-corrected chi connectivity index (χ4v) is 5.50. The van der Waals surface area contributed by atoms with Crippen molar-refractivity contribution < 1.29 is 27.5 Å². The van der Waals surface area contributed by atoms with E-state index in [0.717, 1.165) is 12.8 Å². The minimum Gasteiger partial charge on any atom is -0.356 e. The summed E-state index contributed by atoms with van der Waals surface area (Å²) in [6, 6.07) is 11.0. The molecule has 0 radical (unpaired) electrons. The van der Waals surface area contributed by atoms with Crippen LogP contribution in [0.25, 0.3) is 0 Å². The van der Waals surface area contributed by atoms with Gasteiger partial charge < -0.3 is 19.5 Å². The maximum absolute atomic E-state index is 14.3. The van der Waals surface area contributed by atoms with E-state index in [1.807, 2.05) is 29.9 Å². The number of rotatable bonds is 4. The van der Waals surface area contributed by atoms with Gasteiger partial charge in [0.15, 0.2) is 0 Å². The fourth-order valence-electron chi connectivity index (χ4n) is 5.50. The summed E-state index contributed by atoms with van der Waals surface area (Å²) in [5.74, 6) is -1.16. The van der Waals surface area contributed by atoms with E-state index in [2.05, 4.69) is 5.32 Å².